The van der Waals surface area contributed by atoms with E-state index in [-0.39, 0.29) is 4.90 Å². The van der Waals surface area contributed by atoms with Crippen LogP contribution in [-0.2, 0) is 9.84 Å². The Morgan fingerprint density at radius 2 is 1.96 bits per heavy atom. The minimum absolute atomic E-state index is 0.252. The van der Waals surface area contributed by atoms with E-state index in [4.69, 9.17) is 4.74 Å². The van der Waals surface area contributed by atoms with Gasteiger partial charge in [-0.25, -0.2) is 18.4 Å². The largest absolute Gasteiger partial charge is 0.476 e. The zero-order valence-electron chi connectivity index (χ0n) is 13.4. The number of hydrogen-bond acceptors (Lipinski definition) is 6. The third-order valence-corrected chi connectivity index (χ3v) is 5.22. The van der Waals surface area contributed by atoms with Crippen LogP contribution in [0, 0.1) is 12.8 Å². The highest BCUT2D eigenvalue weighted by atomic mass is 32.2. The molecule has 0 unspecified atom stereocenters. The first-order valence-electron chi connectivity index (χ1n) is 7.75. The SMILES string of the molecule is Cc1nc2cc(S(C)(=O)=O)ccc2nc1OCC1CCNCC1. The molecule has 23 heavy (non-hydrogen) atoms. The lowest BCUT2D eigenvalue weighted by atomic mass is 9.99. The molecule has 0 bridgehead atoms. The van der Waals surface area contributed by atoms with E-state index in [9.17, 15) is 8.42 Å². The van der Waals surface area contributed by atoms with Crippen LogP contribution in [0.1, 0.15) is 18.5 Å². The fourth-order valence-electron chi connectivity index (χ4n) is 2.72. The Balaban J connectivity index is 1.83. The fraction of sp³-hybridized carbons (Fsp3) is 0.500. The van der Waals surface area contributed by atoms with Gasteiger partial charge in [-0.15, -0.1) is 0 Å². The third-order valence-electron chi connectivity index (χ3n) is 4.11. The number of sulfone groups is 1. The minimum atomic E-state index is -3.25. The predicted molar refractivity (Wildman–Crippen MR) is 88.5 cm³/mol. The van der Waals surface area contributed by atoms with Gasteiger partial charge in [-0.2, -0.15) is 0 Å². The van der Waals surface area contributed by atoms with Crippen LogP contribution in [0.15, 0.2) is 23.1 Å². The van der Waals surface area contributed by atoms with Crippen LogP contribution in [0.4, 0.5) is 0 Å². The average molecular weight is 335 g/mol. The van der Waals surface area contributed by atoms with Crippen molar-refractivity contribution in [1.82, 2.24) is 15.3 Å². The summed E-state index contributed by atoms with van der Waals surface area (Å²) in [6.07, 6.45) is 3.40. The summed E-state index contributed by atoms with van der Waals surface area (Å²) in [5, 5.41) is 3.33. The molecule has 6 nitrogen and oxygen atoms in total. The quantitative estimate of drug-likeness (QED) is 0.916. The normalized spacial score (nSPS) is 16.6. The molecular weight excluding hydrogens is 314 g/mol. The van der Waals surface area contributed by atoms with Crippen LogP contribution < -0.4 is 10.1 Å². The second kappa shape index (κ2) is 6.41. The number of hydrogen-bond donors (Lipinski definition) is 1. The maximum Gasteiger partial charge on any atom is 0.235 e. The Hall–Kier alpha value is -1.73. The zero-order chi connectivity index (χ0) is 16.4. The van der Waals surface area contributed by atoms with E-state index in [1.807, 2.05) is 6.92 Å². The first kappa shape index (κ1) is 16.1. The molecule has 0 aliphatic carbocycles. The van der Waals surface area contributed by atoms with Crippen LogP contribution in [0.3, 0.4) is 0 Å². The van der Waals surface area contributed by atoms with Gasteiger partial charge >= 0.3 is 0 Å². The molecule has 0 atom stereocenters. The Morgan fingerprint density at radius 1 is 1.22 bits per heavy atom. The first-order chi connectivity index (χ1) is 10.9. The summed E-state index contributed by atoms with van der Waals surface area (Å²) in [5.41, 5.74) is 1.89. The summed E-state index contributed by atoms with van der Waals surface area (Å²) in [5.74, 6) is 1.07. The number of aryl methyl sites for hydroxylation is 1. The van der Waals surface area contributed by atoms with Crippen molar-refractivity contribution in [2.45, 2.75) is 24.7 Å². The molecule has 0 radical (unpaired) electrons. The van der Waals surface area contributed by atoms with Gasteiger partial charge in [-0.3, -0.25) is 0 Å². The molecule has 1 N–H and O–H groups in total. The van der Waals surface area contributed by atoms with E-state index in [1.54, 1.807) is 18.2 Å². The highest BCUT2D eigenvalue weighted by Crippen LogP contribution is 2.22. The summed E-state index contributed by atoms with van der Waals surface area (Å²) in [6.45, 7) is 4.54. The molecule has 2 heterocycles. The summed E-state index contributed by atoms with van der Waals surface area (Å²) in [4.78, 5) is 9.19. The predicted octanol–water partition coefficient (Wildman–Crippen LogP) is 1.72. The number of nitrogens with one attached hydrogen (secondary N) is 1. The highest BCUT2D eigenvalue weighted by molar-refractivity contribution is 7.90. The van der Waals surface area contributed by atoms with E-state index in [0.29, 0.717) is 35.1 Å². The highest BCUT2D eigenvalue weighted by Gasteiger charge is 2.16. The van der Waals surface area contributed by atoms with Crippen molar-refractivity contribution in [2.75, 3.05) is 26.0 Å². The number of ether oxygens (including phenoxy) is 1. The minimum Gasteiger partial charge on any atom is -0.476 e. The van der Waals surface area contributed by atoms with Gasteiger partial charge in [-0.05, 0) is 57.0 Å². The van der Waals surface area contributed by atoms with Crippen LogP contribution in [-0.4, -0.2) is 44.3 Å². The maximum absolute atomic E-state index is 11.6. The van der Waals surface area contributed by atoms with Gasteiger partial charge in [0.25, 0.3) is 0 Å². The number of rotatable bonds is 4. The number of aromatic nitrogens is 2. The van der Waals surface area contributed by atoms with Crippen molar-refractivity contribution in [1.29, 1.82) is 0 Å². The molecule has 3 rings (SSSR count). The summed E-state index contributed by atoms with van der Waals surface area (Å²) in [6, 6.07) is 4.79. The maximum atomic E-state index is 11.6. The van der Waals surface area contributed by atoms with Gasteiger partial charge in [0.15, 0.2) is 9.84 Å². The van der Waals surface area contributed by atoms with Gasteiger partial charge in [0.2, 0.25) is 5.88 Å². The van der Waals surface area contributed by atoms with Crippen molar-refractivity contribution >= 4 is 20.9 Å². The van der Waals surface area contributed by atoms with Gasteiger partial charge in [0.1, 0.15) is 5.69 Å². The van der Waals surface area contributed by atoms with Crippen LogP contribution in [0.2, 0.25) is 0 Å². The second-order valence-electron chi connectivity index (χ2n) is 6.04. The molecule has 0 spiro atoms. The van der Waals surface area contributed by atoms with Crippen LogP contribution in [0.5, 0.6) is 5.88 Å². The summed E-state index contributed by atoms with van der Waals surface area (Å²) < 4.78 is 29.1. The third kappa shape index (κ3) is 3.79. The molecule has 1 fully saturated rings. The molecule has 1 saturated heterocycles. The standard InChI is InChI=1S/C16H21N3O3S/c1-11-16(22-10-12-5-7-17-8-6-12)19-14-4-3-13(23(2,20)21)9-15(14)18-11/h3-4,9,12,17H,5-8,10H2,1-2H3. The molecule has 1 aliphatic rings. The smallest absolute Gasteiger partial charge is 0.235 e. The van der Waals surface area contributed by atoms with Crippen LogP contribution >= 0.6 is 0 Å². The van der Waals surface area contributed by atoms with Gasteiger partial charge in [0, 0.05) is 6.26 Å². The number of piperidine rings is 1. The Kier molecular flexibility index (Phi) is 4.50. The van der Waals surface area contributed by atoms with Crippen molar-refractivity contribution < 1.29 is 13.2 Å². The lowest BCUT2D eigenvalue weighted by Crippen LogP contribution is -2.30. The van der Waals surface area contributed by atoms with Crippen molar-refractivity contribution in [3.63, 3.8) is 0 Å². The van der Waals surface area contributed by atoms with Crippen LogP contribution in [0.25, 0.3) is 11.0 Å². The molecular formula is C16H21N3O3S. The summed E-state index contributed by atoms with van der Waals surface area (Å²) in [7, 11) is -3.25. The Labute approximate surface area is 136 Å². The fourth-order valence-corrected chi connectivity index (χ4v) is 3.36. The van der Waals surface area contributed by atoms with E-state index in [1.165, 1.54) is 6.26 Å². The molecule has 0 saturated carbocycles. The number of nitrogens with zero attached hydrogens (tertiary/aromatic N) is 2. The second-order valence-corrected chi connectivity index (χ2v) is 8.06. The number of fused-ring (bicyclic) bond motifs is 1. The van der Waals surface area contributed by atoms with Crippen molar-refractivity contribution in [2.24, 2.45) is 5.92 Å². The zero-order valence-corrected chi connectivity index (χ0v) is 14.2. The molecule has 0 amide bonds. The first-order valence-corrected chi connectivity index (χ1v) is 9.64. The monoisotopic (exact) mass is 335 g/mol. The molecule has 1 aromatic heterocycles. The lowest BCUT2D eigenvalue weighted by molar-refractivity contribution is 0.207. The van der Waals surface area contributed by atoms with E-state index >= 15 is 0 Å². The van der Waals surface area contributed by atoms with Gasteiger partial charge in [0.05, 0.1) is 22.5 Å². The molecule has 124 valence electrons. The molecule has 7 heteroatoms. The average Bonchev–Trinajstić information content (AvgIpc) is 2.52. The van der Waals surface area contributed by atoms with E-state index < -0.39 is 9.84 Å². The molecule has 2 aromatic rings. The molecule has 1 aromatic carbocycles. The van der Waals surface area contributed by atoms with E-state index in [0.717, 1.165) is 25.9 Å². The Morgan fingerprint density at radius 3 is 2.65 bits per heavy atom. The Bertz CT molecular complexity index is 815. The van der Waals surface area contributed by atoms with Gasteiger partial charge < -0.3 is 10.1 Å². The topological polar surface area (TPSA) is 81.2 Å². The van der Waals surface area contributed by atoms with E-state index in [2.05, 4.69) is 15.3 Å². The summed E-state index contributed by atoms with van der Waals surface area (Å²) >= 11 is 0. The molecule has 1 aliphatic heterocycles. The lowest BCUT2D eigenvalue weighted by Gasteiger charge is -2.22. The number of benzene rings is 1. The van der Waals surface area contributed by atoms with Gasteiger partial charge in [-0.1, -0.05) is 0 Å². The van der Waals surface area contributed by atoms with Crippen molar-refractivity contribution in [3.05, 3.63) is 23.9 Å². The van der Waals surface area contributed by atoms with Crippen molar-refractivity contribution in [3.8, 4) is 5.88 Å².